The third kappa shape index (κ3) is 2.46. The molecule has 114 valence electrons. The molecule has 2 aliphatic rings. The Hall–Kier alpha value is -1.75. The molecule has 1 saturated heterocycles. The van der Waals surface area contributed by atoms with Gasteiger partial charge in [0.2, 0.25) is 0 Å². The molecule has 2 atom stereocenters. The molecule has 0 aromatic heterocycles. The van der Waals surface area contributed by atoms with Crippen LogP contribution < -0.4 is 19.9 Å². The van der Waals surface area contributed by atoms with Crippen molar-refractivity contribution in [2.45, 2.75) is 32.9 Å². The van der Waals surface area contributed by atoms with E-state index in [1.165, 1.54) is 0 Å². The Kier molecular flexibility index (Phi) is 3.76. The molecule has 3 rings (SSSR count). The van der Waals surface area contributed by atoms with Gasteiger partial charge >= 0.3 is 0 Å². The molecule has 1 amide bonds. The molecule has 0 aliphatic carbocycles. The van der Waals surface area contributed by atoms with Gasteiger partial charge in [0.05, 0.1) is 5.69 Å². The van der Waals surface area contributed by atoms with Gasteiger partial charge in [-0.1, -0.05) is 0 Å². The molecule has 0 radical (unpaired) electrons. The molecule has 5 nitrogen and oxygen atoms in total. The second-order valence-electron chi connectivity index (χ2n) is 5.84. The maximum atomic E-state index is 12.0. The van der Waals surface area contributed by atoms with Crippen LogP contribution in [0.15, 0.2) is 18.2 Å². The van der Waals surface area contributed by atoms with Gasteiger partial charge in [-0.15, -0.1) is 0 Å². The highest BCUT2D eigenvalue weighted by atomic mass is 16.5. The number of carbonyl (C=O) groups excluding carboxylic acids is 1. The van der Waals surface area contributed by atoms with Crippen molar-refractivity contribution in [3.05, 3.63) is 18.2 Å². The second kappa shape index (κ2) is 5.56. The zero-order valence-electron chi connectivity index (χ0n) is 12.9. The van der Waals surface area contributed by atoms with Crippen LogP contribution in [0.2, 0.25) is 0 Å². The summed E-state index contributed by atoms with van der Waals surface area (Å²) >= 11 is 0. The fraction of sp³-hybridized carbons (Fsp3) is 0.562. The Labute approximate surface area is 125 Å². The number of hydrogen-bond donors (Lipinski definition) is 1. The predicted molar refractivity (Wildman–Crippen MR) is 84.2 cm³/mol. The molecule has 1 aromatic carbocycles. The summed E-state index contributed by atoms with van der Waals surface area (Å²) < 4.78 is 5.54. The summed E-state index contributed by atoms with van der Waals surface area (Å²) in [5.41, 5.74) is 2.05. The first-order valence-electron chi connectivity index (χ1n) is 7.68. The predicted octanol–water partition coefficient (Wildman–Crippen LogP) is 1.62. The van der Waals surface area contributed by atoms with Crippen LogP contribution in [0.25, 0.3) is 0 Å². The molecule has 2 unspecified atom stereocenters. The summed E-state index contributed by atoms with van der Waals surface area (Å²) in [4.78, 5) is 16.2. The Morgan fingerprint density at radius 3 is 2.67 bits per heavy atom. The molecule has 2 aliphatic heterocycles. The monoisotopic (exact) mass is 289 g/mol. The lowest BCUT2D eigenvalue weighted by atomic mass is 10.1. The van der Waals surface area contributed by atoms with Crippen LogP contribution in [0.4, 0.5) is 11.4 Å². The number of benzene rings is 1. The van der Waals surface area contributed by atoms with E-state index in [-0.39, 0.29) is 12.5 Å². The average molecular weight is 289 g/mol. The van der Waals surface area contributed by atoms with Gasteiger partial charge in [0.25, 0.3) is 5.91 Å². The average Bonchev–Trinajstić information content (AvgIpc) is 2.47. The van der Waals surface area contributed by atoms with Crippen molar-refractivity contribution >= 4 is 17.3 Å². The third-order valence-electron chi connectivity index (χ3n) is 4.33. The number of hydrogen-bond acceptors (Lipinski definition) is 4. The summed E-state index contributed by atoms with van der Waals surface area (Å²) in [6, 6.07) is 7.04. The van der Waals surface area contributed by atoms with Gasteiger partial charge < -0.3 is 19.9 Å². The highest BCUT2D eigenvalue weighted by Crippen LogP contribution is 2.36. The van der Waals surface area contributed by atoms with Crippen molar-refractivity contribution in [3.8, 4) is 5.75 Å². The minimum atomic E-state index is 0.0311. The first-order valence-corrected chi connectivity index (χ1v) is 7.68. The van der Waals surface area contributed by atoms with Crippen molar-refractivity contribution in [3.63, 3.8) is 0 Å². The molecule has 0 spiro atoms. The quantitative estimate of drug-likeness (QED) is 0.898. The van der Waals surface area contributed by atoms with Crippen LogP contribution in [0.3, 0.4) is 0 Å². The molecule has 1 aromatic rings. The number of rotatable bonds is 2. The lowest BCUT2D eigenvalue weighted by molar-refractivity contribution is -0.121. The smallest absolute Gasteiger partial charge is 0.265 e. The standard InChI is InChI=1S/C16H23N3O2/c1-4-18-14-7-13(5-6-15(14)21-10-16(18)20)19-11(2)8-17-9-12(19)3/h5-7,11-12,17H,4,8-10H2,1-3H3. The highest BCUT2D eigenvalue weighted by Gasteiger charge is 2.28. The second-order valence-corrected chi connectivity index (χ2v) is 5.84. The SMILES string of the molecule is CCN1C(=O)COc2ccc(N3C(C)CNCC3C)cc21. The van der Waals surface area contributed by atoms with Crippen molar-refractivity contribution < 1.29 is 9.53 Å². The molecule has 0 saturated carbocycles. The fourth-order valence-electron chi connectivity index (χ4n) is 3.34. The van der Waals surface area contributed by atoms with Gasteiger partial charge in [-0.3, -0.25) is 4.79 Å². The van der Waals surface area contributed by atoms with E-state index in [0.717, 1.165) is 30.2 Å². The Morgan fingerprint density at radius 2 is 2.00 bits per heavy atom. The number of carbonyl (C=O) groups is 1. The zero-order valence-corrected chi connectivity index (χ0v) is 12.9. The maximum Gasteiger partial charge on any atom is 0.265 e. The van der Waals surface area contributed by atoms with Gasteiger partial charge in [-0.2, -0.15) is 0 Å². The molecule has 5 heteroatoms. The van der Waals surface area contributed by atoms with E-state index in [9.17, 15) is 4.79 Å². The molecule has 1 N–H and O–H groups in total. The first kappa shape index (κ1) is 14.2. The van der Waals surface area contributed by atoms with Crippen LogP contribution in [0.1, 0.15) is 20.8 Å². The number of fused-ring (bicyclic) bond motifs is 1. The molecular formula is C16H23N3O2. The summed E-state index contributed by atoms with van der Waals surface area (Å²) in [6.45, 7) is 9.22. The van der Waals surface area contributed by atoms with Crippen LogP contribution in [-0.4, -0.2) is 44.2 Å². The fourth-order valence-corrected chi connectivity index (χ4v) is 3.34. The van der Waals surface area contributed by atoms with Crippen LogP contribution in [0.5, 0.6) is 5.75 Å². The van der Waals surface area contributed by atoms with Crippen molar-refractivity contribution in [2.75, 3.05) is 36.0 Å². The maximum absolute atomic E-state index is 12.0. The lowest BCUT2D eigenvalue weighted by Gasteiger charge is -2.42. The van der Waals surface area contributed by atoms with Crippen LogP contribution in [0, 0.1) is 0 Å². The third-order valence-corrected chi connectivity index (χ3v) is 4.33. The summed E-state index contributed by atoms with van der Waals surface area (Å²) in [7, 11) is 0. The largest absolute Gasteiger partial charge is 0.482 e. The molecule has 21 heavy (non-hydrogen) atoms. The topological polar surface area (TPSA) is 44.8 Å². The molecule has 2 heterocycles. The summed E-state index contributed by atoms with van der Waals surface area (Å²) in [5, 5.41) is 3.44. The number of amides is 1. The Balaban J connectivity index is 1.98. The first-order chi connectivity index (χ1) is 10.1. The van der Waals surface area contributed by atoms with Gasteiger partial charge in [0, 0.05) is 37.4 Å². The summed E-state index contributed by atoms with van der Waals surface area (Å²) in [6.07, 6.45) is 0. The summed E-state index contributed by atoms with van der Waals surface area (Å²) in [5.74, 6) is 0.833. The number of ether oxygens (including phenoxy) is 1. The molecule has 1 fully saturated rings. The minimum absolute atomic E-state index is 0.0311. The number of nitrogens with zero attached hydrogens (tertiary/aromatic N) is 2. The van der Waals surface area contributed by atoms with Crippen molar-refractivity contribution in [1.29, 1.82) is 0 Å². The van der Waals surface area contributed by atoms with E-state index in [2.05, 4.69) is 36.2 Å². The number of piperazine rings is 1. The van der Waals surface area contributed by atoms with E-state index in [1.807, 2.05) is 13.0 Å². The zero-order chi connectivity index (χ0) is 15.0. The Morgan fingerprint density at radius 1 is 1.29 bits per heavy atom. The van der Waals surface area contributed by atoms with Crippen LogP contribution >= 0.6 is 0 Å². The van der Waals surface area contributed by atoms with E-state index < -0.39 is 0 Å². The van der Waals surface area contributed by atoms with Crippen LogP contribution in [-0.2, 0) is 4.79 Å². The van der Waals surface area contributed by atoms with E-state index in [4.69, 9.17) is 4.74 Å². The highest BCUT2D eigenvalue weighted by molar-refractivity contribution is 5.98. The van der Waals surface area contributed by atoms with E-state index >= 15 is 0 Å². The van der Waals surface area contributed by atoms with Crippen molar-refractivity contribution in [2.24, 2.45) is 0 Å². The minimum Gasteiger partial charge on any atom is -0.482 e. The molecule has 0 bridgehead atoms. The number of likely N-dealkylation sites (N-methyl/N-ethyl adjacent to an activating group) is 1. The number of nitrogens with one attached hydrogen (secondary N) is 1. The van der Waals surface area contributed by atoms with Gasteiger partial charge in [-0.25, -0.2) is 0 Å². The van der Waals surface area contributed by atoms with Gasteiger partial charge in [0.15, 0.2) is 6.61 Å². The normalized spacial score (nSPS) is 25.6. The van der Waals surface area contributed by atoms with Gasteiger partial charge in [-0.05, 0) is 39.0 Å². The lowest BCUT2D eigenvalue weighted by Crippen LogP contribution is -2.55. The van der Waals surface area contributed by atoms with E-state index in [0.29, 0.717) is 18.6 Å². The van der Waals surface area contributed by atoms with E-state index in [1.54, 1.807) is 4.90 Å². The molecular weight excluding hydrogens is 266 g/mol. The number of anilines is 2. The Bertz CT molecular complexity index is 536. The van der Waals surface area contributed by atoms with Gasteiger partial charge in [0.1, 0.15) is 5.75 Å². The van der Waals surface area contributed by atoms with Crippen molar-refractivity contribution in [1.82, 2.24) is 5.32 Å².